The summed E-state index contributed by atoms with van der Waals surface area (Å²) in [6.07, 6.45) is 4.24. The van der Waals surface area contributed by atoms with Gasteiger partial charge in [-0.3, -0.25) is 18.9 Å². The van der Waals surface area contributed by atoms with Gasteiger partial charge in [-0.15, -0.1) is 0 Å². The first-order valence-electron chi connectivity index (χ1n) is 11.3. The topological polar surface area (TPSA) is 105 Å². The number of aliphatic hydroxyl groups is 1. The first kappa shape index (κ1) is 25.7. The van der Waals surface area contributed by atoms with Crippen molar-refractivity contribution >= 4 is 51.7 Å². The van der Waals surface area contributed by atoms with Gasteiger partial charge < -0.3 is 19.9 Å². The number of hydrogen-bond acceptors (Lipinski definition) is 9. The Morgan fingerprint density at radius 1 is 1.17 bits per heavy atom. The van der Waals surface area contributed by atoms with E-state index in [0.29, 0.717) is 58.1 Å². The van der Waals surface area contributed by atoms with E-state index in [9.17, 15) is 9.59 Å². The van der Waals surface area contributed by atoms with E-state index in [-0.39, 0.29) is 23.6 Å². The van der Waals surface area contributed by atoms with Gasteiger partial charge in [0.2, 0.25) is 0 Å². The molecule has 1 aliphatic rings. The van der Waals surface area contributed by atoms with Crippen LogP contribution in [-0.2, 0) is 11.2 Å². The van der Waals surface area contributed by atoms with Crippen molar-refractivity contribution in [1.82, 2.24) is 14.3 Å². The van der Waals surface area contributed by atoms with E-state index in [4.69, 9.17) is 26.8 Å². The highest BCUT2D eigenvalue weighted by atomic mass is 32.2. The molecule has 11 heteroatoms. The summed E-state index contributed by atoms with van der Waals surface area (Å²) in [5.41, 5.74) is 1.41. The Labute approximate surface area is 217 Å². The number of methoxy groups -OCH3 is 2. The standard InChI is InChI=1S/C25H26N4O5S2/c1-33-18-8-7-16(14-19(18)34-2)9-12-29-24(32)20(36-25(29)35)15-17-22(26-10-5-13-30)27-21-6-3-4-11-28(21)23(17)31/h3-4,6-8,11,14-15,26,30H,5,9-10,12-13H2,1-2H3. The Bertz CT molecular complexity index is 1390. The average Bonchev–Trinajstić information content (AvgIpc) is 3.16. The number of benzene rings is 1. The van der Waals surface area contributed by atoms with Crippen LogP contribution in [0.2, 0.25) is 0 Å². The predicted molar refractivity (Wildman–Crippen MR) is 145 cm³/mol. The third-order valence-corrected chi connectivity index (χ3v) is 7.00. The first-order chi connectivity index (χ1) is 17.5. The highest BCUT2D eigenvalue weighted by molar-refractivity contribution is 8.26. The molecule has 0 bridgehead atoms. The largest absolute Gasteiger partial charge is 0.493 e. The minimum atomic E-state index is -0.303. The third kappa shape index (κ3) is 5.38. The third-order valence-electron chi connectivity index (χ3n) is 5.62. The van der Waals surface area contributed by atoms with E-state index in [2.05, 4.69) is 10.3 Å². The van der Waals surface area contributed by atoms with Gasteiger partial charge in [-0.05, 0) is 48.7 Å². The summed E-state index contributed by atoms with van der Waals surface area (Å²) in [7, 11) is 3.15. The lowest BCUT2D eigenvalue weighted by atomic mass is 10.1. The summed E-state index contributed by atoms with van der Waals surface area (Å²) in [6, 6.07) is 10.9. The van der Waals surface area contributed by atoms with E-state index < -0.39 is 0 Å². The molecule has 1 fully saturated rings. The normalized spacial score (nSPS) is 14.6. The van der Waals surface area contributed by atoms with Crippen molar-refractivity contribution in [2.24, 2.45) is 0 Å². The van der Waals surface area contributed by atoms with Crippen molar-refractivity contribution in [3.8, 4) is 11.5 Å². The lowest BCUT2D eigenvalue weighted by Gasteiger charge is -2.15. The van der Waals surface area contributed by atoms with Crippen LogP contribution in [0.1, 0.15) is 17.5 Å². The lowest BCUT2D eigenvalue weighted by Crippen LogP contribution is -2.30. The molecule has 0 spiro atoms. The molecule has 3 aromatic rings. The molecule has 3 heterocycles. The molecule has 0 unspecified atom stereocenters. The summed E-state index contributed by atoms with van der Waals surface area (Å²) in [5.74, 6) is 1.35. The van der Waals surface area contributed by atoms with Crippen LogP contribution in [0.4, 0.5) is 5.82 Å². The smallest absolute Gasteiger partial charge is 0.267 e. The number of thioether (sulfide) groups is 1. The number of ether oxygens (including phenoxy) is 2. The van der Waals surface area contributed by atoms with Crippen molar-refractivity contribution < 1.29 is 19.4 Å². The Kier molecular flexibility index (Phi) is 8.24. The highest BCUT2D eigenvalue weighted by Gasteiger charge is 2.32. The van der Waals surface area contributed by atoms with E-state index in [1.54, 1.807) is 44.7 Å². The van der Waals surface area contributed by atoms with Gasteiger partial charge in [-0.25, -0.2) is 4.98 Å². The fraction of sp³-hybridized carbons (Fsp3) is 0.280. The molecular formula is C25H26N4O5S2. The van der Waals surface area contributed by atoms with Gasteiger partial charge in [0.05, 0.1) is 24.7 Å². The number of amides is 1. The minimum absolute atomic E-state index is 0.00756. The van der Waals surface area contributed by atoms with Crippen LogP contribution in [0.5, 0.6) is 11.5 Å². The number of anilines is 1. The van der Waals surface area contributed by atoms with Crippen molar-refractivity contribution in [2.45, 2.75) is 12.8 Å². The second-order valence-corrected chi connectivity index (χ2v) is 9.56. The van der Waals surface area contributed by atoms with Gasteiger partial charge in [0.15, 0.2) is 11.5 Å². The molecule has 188 valence electrons. The first-order valence-corrected chi connectivity index (χ1v) is 12.5. The number of pyridine rings is 1. The number of hydrogen-bond donors (Lipinski definition) is 2. The molecular weight excluding hydrogens is 500 g/mol. The second kappa shape index (κ2) is 11.5. The van der Waals surface area contributed by atoms with Gasteiger partial charge >= 0.3 is 0 Å². The number of carbonyl (C=O) groups excluding carboxylic acids is 1. The number of rotatable bonds is 10. The fourth-order valence-corrected chi connectivity index (χ4v) is 5.04. The van der Waals surface area contributed by atoms with Gasteiger partial charge in [-0.2, -0.15) is 0 Å². The number of nitrogens with zero attached hydrogens (tertiary/aromatic N) is 3. The average molecular weight is 527 g/mol. The Morgan fingerprint density at radius 2 is 1.97 bits per heavy atom. The molecule has 9 nitrogen and oxygen atoms in total. The van der Waals surface area contributed by atoms with E-state index in [0.717, 1.165) is 17.3 Å². The number of thiocarbonyl (C=S) groups is 1. The summed E-state index contributed by atoms with van der Waals surface area (Å²) < 4.78 is 12.5. The molecule has 1 aromatic carbocycles. The van der Waals surface area contributed by atoms with Crippen LogP contribution in [-0.4, -0.2) is 63.5 Å². The van der Waals surface area contributed by atoms with Crippen molar-refractivity contribution in [1.29, 1.82) is 0 Å². The highest BCUT2D eigenvalue weighted by Crippen LogP contribution is 2.34. The summed E-state index contributed by atoms with van der Waals surface area (Å²) in [6.45, 7) is 0.820. The van der Waals surface area contributed by atoms with Crippen LogP contribution < -0.4 is 20.3 Å². The summed E-state index contributed by atoms with van der Waals surface area (Å²) in [5, 5.41) is 12.2. The number of nitrogens with one attached hydrogen (secondary N) is 1. The maximum atomic E-state index is 13.3. The SMILES string of the molecule is COc1ccc(CCN2C(=O)C(=Cc3c(NCCCO)nc4ccccn4c3=O)SC2=S)cc1OC. The maximum Gasteiger partial charge on any atom is 0.267 e. The van der Waals surface area contributed by atoms with Crippen molar-refractivity contribution in [3.05, 3.63) is 69.0 Å². The Morgan fingerprint density at radius 3 is 2.72 bits per heavy atom. The molecule has 4 rings (SSSR count). The number of carbonyl (C=O) groups is 1. The van der Waals surface area contributed by atoms with E-state index >= 15 is 0 Å². The predicted octanol–water partition coefficient (Wildman–Crippen LogP) is 2.95. The van der Waals surface area contributed by atoms with Crippen LogP contribution in [0.15, 0.2) is 52.3 Å². The van der Waals surface area contributed by atoms with E-state index in [1.807, 2.05) is 18.2 Å². The molecule has 36 heavy (non-hydrogen) atoms. The summed E-state index contributed by atoms with van der Waals surface area (Å²) in [4.78, 5) is 32.9. The molecule has 0 radical (unpaired) electrons. The quantitative estimate of drug-likeness (QED) is 0.234. The second-order valence-electron chi connectivity index (χ2n) is 7.88. The molecule has 1 aliphatic heterocycles. The van der Waals surface area contributed by atoms with Gasteiger partial charge in [0, 0.05) is 25.9 Å². The fourth-order valence-electron chi connectivity index (χ4n) is 3.75. The minimum Gasteiger partial charge on any atom is -0.493 e. The van der Waals surface area contributed by atoms with Crippen molar-refractivity contribution in [3.63, 3.8) is 0 Å². The molecule has 0 aliphatic carbocycles. The van der Waals surface area contributed by atoms with Crippen LogP contribution in [0.25, 0.3) is 11.7 Å². The summed E-state index contributed by atoms with van der Waals surface area (Å²) >= 11 is 6.64. The van der Waals surface area contributed by atoms with Crippen molar-refractivity contribution in [2.75, 3.05) is 39.2 Å². The zero-order valence-corrected chi connectivity index (χ0v) is 21.5. The Balaban J connectivity index is 1.60. The maximum absolute atomic E-state index is 13.3. The molecule has 0 atom stereocenters. The van der Waals surface area contributed by atoms with Crippen LogP contribution in [0.3, 0.4) is 0 Å². The number of fused-ring (bicyclic) bond motifs is 1. The van der Waals surface area contributed by atoms with Gasteiger partial charge in [-0.1, -0.05) is 36.1 Å². The molecule has 2 N–H and O–H groups in total. The molecule has 1 saturated heterocycles. The zero-order chi connectivity index (χ0) is 25.7. The molecule has 0 saturated carbocycles. The van der Waals surface area contributed by atoms with E-state index in [1.165, 1.54) is 9.30 Å². The molecule has 2 aromatic heterocycles. The van der Waals surface area contributed by atoms with Crippen LogP contribution >= 0.6 is 24.0 Å². The molecule has 1 amide bonds. The monoisotopic (exact) mass is 526 g/mol. The number of aromatic nitrogens is 2. The van der Waals surface area contributed by atoms with Gasteiger partial charge in [0.25, 0.3) is 11.5 Å². The van der Waals surface area contributed by atoms with Crippen LogP contribution in [0, 0.1) is 0 Å². The zero-order valence-electron chi connectivity index (χ0n) is 19.9. The lowest BCUT2D eigenvalue weighted by molar-refractivity contribution is -0.122. The van der Waals surface area contributed by atoms with Gasteiger partial charge in [0.1, 0.15) is 15.8 Å². The number of aliphatic hydroxyl groups excluding tert-OH is 1. The Hall–Kier alpha value is -3.41.